The number of aromatic nitrogens is 1. The number of hydrogen-bond acceptors (Lipinski definition) is 7. The minimum Gasteiger partial charge on any atom is -0.369 e. The van der Waals surface area contributed by atoms with Crippen molar-refractivity contribution in [1.82, 2.24) is 20.5 Å². The highest BCUT2D eigenvalue weighted by molar-refractivity contribution is 7.98. The van der Waals surface area contributed by atoms with Crippen LogP contribution in [0.3, 0.4) is 0 Å². The van der Waals surface area contributed by atoms with Crippen molar-refractivity contribution in [2.24, 2.45) is 0 Å². The molecular formula is C35H44N6O2S. The Hall–Kier alpha value is -3.56. The Morgan fingerprint density at radius 1 is 0.932 bits per heavy atom. The van der Waals surface area contributed by atoms with Crippen LogP contribution in [0.5, 0.6) is 0 Å². The summed E-state index contributed by atoms with van der Waals surface area (Å²) in [7, 11) is 2.16. The molecule has 6 rings (SSSR count). The highest BCUT2D eigenvalue weighted by Gasteiger charge is 2.42. The molecule has 4 heterocycles. The van der Waals surface area contributed by atoms with Gasteiger partial charge in [-0.15, -0.1) is 11.8 Å². The third-order valence-electron chi connectivity index (χ3n) is 9.70. The normalized spacial score (nSPS) is 22.5. The molecule has 0 radical (unpaired) electrons. The maximum Gasteiger partial charge on any atom is 0.253 e. The number of pyridine rings is 1. The Morgan fingerprint density at radius 2 is 1.64 bits per heavy atom. The third kappa shape index (κ3) is 6.44. The van der Waals surface area contributed by atoms with Crippen LogP contribution in [-0.4, -0.2) is 79.3 Å². The first-order valence-electron chi connectivity index (χ1n) is 15.8. The van der Waals surface area contributed by atoms with Crippen molar-refractivity contribution in [2.75, 3.05) is 49.3 Å². The maximum absolute atomic E-state index is 13.2. The lowest BCUT2D eigenvalue weighted by molar-refractivity contribution is 0.0922. The van der Waals surface area contributed by atoms with Gasteiger partial charge in [0.15, 0.2) is 0 Å². The molecule has 0 spiro atoms. The largest absolute Gasteiger partial charge is 0.369 e. The van der Waals surface area contributed by atoms with Gasteiger partial charge in [0.2, 0.25) is 0 Å². The van der Waals surface area contributed by atoms with E-state index in [-0.39, 0.29) is 23.9 Å². The monoisotopic (exact) mass is 612 g/mol. The van der Waals surface area contributed by atoms with Gasteiger partial charge in [-0.25, -0.2) is 4.98 Å². The Labute approximate surface area is 265 Å². The predicted octanol–water partition coefficient (Wildman–Crippen LogP) is 5.28. The van der Waals surface area contributed by atoms with Gasteiger partial charge in [0.1, 0.15) is 5.82 Å². The number of fused-ring (bicyclic) bond motifs is 2. The number of nitrogens with zero attached hydrogens (tertiary/aromatic N) is 4. The molecule has 2 N–H and O–H groups in total. The number of likely N-dealkylation sites (N-methyl/N-ethyl adjacent to an activating group) is 1. The number of nitrogens with one attached hydrogen (secondary N) is 2. The van der Waals surface area contributed by atoms with Crippen LogP contribution in [-0.2, 0) is 0 Å². The van der Waals surface area contributed by atoms with E-state index in [0.717, 1.165) is 79.3 Å². The van der Waals surface area contributed by atoms with Gasteiger partial charge in [-0.2, -0.15) is 0 Å². The fourth-order valence-corrected chi connectivity index (χ4v) is 7.72. The van der Waals surface area contributed by atoms with Crippen molar-refractivity contribution in [3.05, 3.63) is 83.0 Å². The third-order valence-corrected chi connectivity index (χ3v) is 10.6. The van der Waals surface area contributed by atoms with Gasteiger partial charge in [-0.05, 0) is 100 Å². The first kappa shape index (κ1) is 30.5. The fourth-order valence-electron chi connectivity index (χ4n) is 7.09. The zero-order valence-corrected chi connectivity index (χ0v) is 27.1. The summed E-state index contributed by atoms with van der Waals surface area (Å²) in [6.07, 6.45) is 7.72. The molecular weight excluding hydrogens is 568 g/mol. The average molecular weight is 613 g/mol. The van der Waals surface area contributed by atoms with Crippen LogP contribution in [0.4, 0.5) is 11.5 Å². The lowest BCUT2D eigenvalue weighted by Crippen LogP contribution is -2.50. The average Bonchev–Trinajstić information content (AvgIpc) is 3.31. The second kappa shape index (κ2) is 13.2. The minimum absolute atomic E-state index is 0.0185. The highest BCUT2D eigenvalue weighted by Crippen LogP contribution is 2.39. The highest BCUT2D eigenvalue weighted by atomic mass is 32.2. The van der Waals surface area contributed by atoms with E-state index in [9.17, 15) is 9.59 Å². The molecule has 0 saturated carbocycles. The van der Waals surface area contributed by atoms with E-state index in [2.05, 4.69) is 62.7 Å². The van der Waals surface area contributed by atoms with Gasteiger partial charge in [-0.3, -0.25) is 9.59 Å². The molecule has 8 nitrogen and oxygen atoms in total. The van der Waals surface area contributed by atoms with Crippen molar-refractivity contribution >= 4 is 35.1 Å². The molecule has 2 aromatic carbocycles. The van der Waals surface area contributed by atoms with E-state index in [0.29, 0.717) is 17.6 Å². The summed E-state index contributed by atoms with van der Waals surface area (Å²) in [5.74, 6) is 0.810. The Balaban J connectivity index is 1.03. The number of carbonyl (C=O) groups excluding carboxylic acids is 2. The molecule has 3 aliphatic rings. The summed E-state index contributed by atoms with van der Waals surface area (Å²) in [5.41, 5.74) is 4.68. The molecule has 2 bridgehead atoms. The van der Waals surface area contributed by atoms with Crippen LogP contribution in [0.1, 0.15) is 70.5 Å². The van der Waals surface area contributed by atoms with E-state index in [1.165, 1.54) is 5.69 Å². The summed E-state index contributed by atoms with van der Waals surface area (Å²) in [4.78, 5) is 39.3. The number of rotatable bonds is 8. The first-order valence-corrected chi connectivity index (χ1v) is 17.1. The van der Waals surface area contributed by atoms with Gasteiger partial charge in [0, 0.05) is 66.6 Å². The van der Waals surface area contributed by atoms with E-state index in [4.69, 9.17) is 4.98 Å². The van der Waals surface area contributed by atoms with Crippen LogP contribution >= 0.6 is 11.8 Å². The first-order chi connectivity index (χ1) is 21.3. The molecule has 9 heteroatoms. The smallest absolute Gasteiger partial charge is 0.253 e. The van der Waals surface area contributed by atoms with Gasteiger partial charge in [0.25, 0.3) is 11.8 Å². The number of amides is 2. The molecule has 3 aromatic rings. The van der Waals surface area contributed by atoms with Crippen LogP contribution in [0.2, 0.25) is 0 Å². The van der Waals surface area contributed by atoms with Crippen molar-refractivity contribution in [1.29, 1.82) is 0 Å². The summed E-state index contributed by atoms with van der Waals surface area (Å²) in [5, 5.41) is 6.47. The molecule has 44 heavy (non-hydrogen) atoms. The van der Waals surface area contributed by atoms with Gasteiger partial charge >= 0.3 is 0 Å². The van der Waals surface area contributed by atoms with Gasteiger partial charge in [0.05, 0.1) is 11.6 Å². The lowest BCUT2D eigenvalue weighted by atomic mass is 9.96. The summed E-state index contributed by atoms with van der Waals surface area (Å²) >= 11 is 1.67. The van der Waals surface area contributed by atoms with Crippen molar-refractivity contribution < 1.29 is 9.59 Å². The molecule has 1 aromatic heterocycles. The maximum atomic E-state index is 13.2. The number of carbonyl (C=O) groups is 2. The lowest BCUT2D eigenvalue weighted by Gasteiger charge is -2.40. The second-order valence-electron chi connectivity index (χ2n) is 12.5. The summed E-state index contributed by atoms with van der Waals surface area (Å²) in [6, 6.07) is 19.1. The number of thioether (sulfide) groups is 1. The molecule has 3 atom stereocenters. The van der Waals surface area contributed by atoms with Gasteiger partial charge in [-0.1, -0.05) is 18.2 Å². The van der Waals surface area contributed by atoms with Crippen molar-refractivity contribution in [2.45, 2.75) is 68.6 Å². The van der Waals surface area contributed by atoms with E-state index in [1.807, 2.05) is 44.4 Å². The molecule has 0 aliphatic carbocycles. The van der Waals surface area contributed by atoms with Crippen molar-refractivity contribution in [3.63, 3.8) is 0 Å². The number of piperazine rings is 1. The number of anilines is 2. The predicted molar refractivity (Wildman–Crippen MR) is 179 cm³/mol. The standard InChI is InChI=1S/C35H44N6O2S/c1-23-31(6-5-7-32(23)44-4)35(43)38-27-20-29-13-14-30(21-27)41(29)33-15-10-26(22-36-33)34(42)37-24(2)25-8-11-28(12-9-25)40-18-16-39(3)17-19-40/h5-12,15,22,24,27,29-30H,13-14,16-21H2,1-4H3,(H,37,42)(H,38,43)/t24-,27?,29?,30?/m0/s1. The van der Waals surface area contributed by atoms with Crippen molar-refractivity contribution in [3.8, 4) is 0 Å². The fraction of sp³-hybridized carbons (Fsp3) is 0.457. The summed E-state index contributed by atoms with van der Waals surface area (Å²) in [6.45, 7) is 8.27. The zero-order valence-electron chi connectivity index (χ0n) is 26.3. The van der Waals surface area contributed by atoms with Crippen LogP contribution < -0.4 is 20.4 Å². The van der Waals surface area contributed by atoms with E-state index >= 15 is 0 Å². The van der Waals surface area contributed by atoms with Crippen LogP contribution in [0.15, 0.2) is 65.7 Å². The molecule has 3 aliphatic heterocycles. The van der Waals surface area contributed by atoms with Crippen LogP contribution in [0.25, 0.3) is 0 Å². The number of benzene rings is 2. The molecule has 3 saturated heterocycles. The molecule has 232 valence electrons. The Kier molecular flexibility index (Phi) is 9.14. The molecule has 2 amide bonds. The molecule has 3 fully saturated rings. The van der Waals surface area contributed by atoms with Crippen LogP contribution in [0, 0.1) is 6.92 Å². The topological polar surface area (TPSA) is 80.8 Å². The minimum atomic E-state index is -0.120. The van der Waals surface area contributed by atoms with E-state index < -0.39 is 0 Å². The summed E-state index contributed by atoms with van der Waals surface area (Å²) < 4.78 is 0. The molecule has 2 unspecified atom stereocenters. The number of piperidine rings is 1. The number of hydrogen-bond donors (Lipinski definition) is 2. The second-order valence-corrected chi connectivity index (χ2v) is 13.4. The quantitative estimate of drug-likeness (QED) is 0.335. The zero-order chi connectivity index (χ0) is 30.8. The Morgan fingerprint density at radius 3 is 2.27 bits per heavy atom. The van der Waals surface area contributed by atoms with E-state index in [1.54, 1.807) is 18.0 Å². The van der Waals surface area contributed by atoms with Gasteiger partial charge < -0.3 is 25.3 Å². The SMILES string of the molecule is CSc1cccc(C(=O)NC2CC3CCC(C2)N3c2ccc(C(=O)N[C@@H](C)c3ccc(N4CCN(C)CC4)cc3)cn2)c1C. The Bertz CT molecular complexity index is 1460.